The van der Waals surface area contributed by atoms with Crippen LogP contribution in [0.5, 0.6) is 0 Å². The summed E-state index contributed by atoms with van der Waals surface area (Å²) in [5, 5.41) is 4.75. The minimum atomic E-state index is -0.512. The Bertz CT molecular complexity index is 797. The van der Waals surface area contributed by atoms with Crippen molar-refractivity contribution >= 4 is 28.9 Å². The molecule has 25 heavy (non-hydrogen) atoms. The van der Waals surface area contributed by atoms with E-state index in [4.69, 9.17) is 25.9 Å². The lowest BCUT2D eigenvalue weighted by Gasteiger charge is -2.13. The van der Waals surface area contributed by atoms with E-state index < -0.39 is 5.97 Å². The maximum Gasteiger partial charge on any atom is 0.341 e. The normalized spacial score (nSPS) is 11.8. The zero-order chi connectivity index (χ0) is 18.2. The van der Waals surface area contributed by atoms with Crippen molar-refractivity contribution in [1.82, 2.24) is 0 Å². The first kappa shape index (κ1) is 18.5. The fourth-order valence-corrected chi connectivity index (χ4v) is 2.46. The van der Waals surface area contributed by atoms with Gasteiger partial charge in [-0.05, 0) is 12.1 Å². The predicted octanol–water partition coefficient (Wildman–Crippen LogP) is 3.90. The minimum Gasteiger partial charge on any atom is -0.503 e. The number of oxime groups is 1. The molecule has 0 saturated heterocycles. The molecule has 5 nitrogen and oxygen atoms in total. The summed E-state index contributed by atoms with van der Waals surface area (Å²) in [6, 6.07) is 14.5. The van der Waals surface area contributed by atoms with Crippen molar-refractivity contribution in [3.8, 4) is 0 Å². The van der Waals surface area contributed by atoms with Crippen molar-refractivity contribution in [3.63, 3.8) is 0 Å². The van der Waals surface area contributed by atoms with Crippen molar-refractivity contribution in [1.29, 1.82) is 0 Å². The van der Waals surface area contributed by atoms with Gasteiger partial charge in [-0.1, -0.05) is 53.2 Å². The summed E-state index contributed by atoms with van der Waals surface area (Å²) in [7, 11) is 4.25. The fraction of sp³-hybridized carbons (Fsp3) is 0.158. The van der Waals surface area contributed by atoms with Crippen LogP contribution < -0.4 is 0 Å². The third-order valence-corrected chi connectivity index (χ3v) is 3.67. The van der Waals surface area contributed by atoms with Crippen molar-refractivity contribution in [2.75, 3.05) is 21.3 Å². The number of ether oxygens (including phenoxy) is 2. The average molecular weight is 360 g/mol. The Morgan fingerprint density at radius 2 is 1.64 bits per heavy atom. The number of methoxy groups -OCH3 is 2. The molecule has 0 aromatic heterocycles. The van der Waals surface area contributed by atoms with Crippen molar-refractivity contribution in [2.24, 2.45) is 5.16 Å². The predicted molar refractivity (Wildman–Crippen MR) is 97.5 cm³/mol. The van der Waals surface area contributed by atoms with E-state index in [9.17, 15) is 4.79 Å². The summed E-state index contributed by atoms with van der Waals surface area (Å²) in [4.78, 5) is 17.2. The molecular weight excluding hydrogens is 342 g/mol. The molecule has 0 saturated carbocycles. The van der Waals surface area contributed by atoms with Crippen molar-refractivity contribution in [2.45, 2.75) is 0 Å². The first-order chi connectivity index (χ1) is 12.1. The van der Waals surface area contributed by atoms with Crippen molar-refractivity contribution in [3.05, 3.63) is 76.5 Å². The first-order valence-electron chi connectivity index (χ1n) is 7.40. The van der Waals surface area contributed by atoms with Gasteiger partial charge in [-0.2, -0.15) is 0 Å². The van der Waals surface area contributed by atoms with Gasteiger partial charge < -0.3 is 14.3 Å². The number of carbonyl (C=O) groups excluding carboxylic acids is 1. The summed E-state index contributed by atoms with van der Waals surface area (Å²) < 4.78 is 9.91. The Labute approximate surface area is 151 Å². The van der Waals surface area contributed by atoms with Crippen LogP contribution in [-0.4, -0.2) is 33.0 Å². The second kappa shape index (κ2) is 8.89. The summed E-state index contributed by atoms with van der Waals surface area (Å²) >= 11 is 5.96. The summed E-state index contributed by atoms with van der Waals surface area (Å²) in [5.41, 5.74) is 2.93. The van der Waals surface area contributed by atoms with Gasteiger partial charge in [0.25, 0.3) is 0 Å². The molecular formula is C19H18ClNO4. The van der Waals surface area contributed by atoms with Crippen LogP contribution in [-0.2, 0) is 19.1 Å². The number of esters is 1. The van der Waals surface area contributed by atoms with E-state index in [2.05, 4.69) is 5.16 Å². The molecule has 0 aliphatic heterocycles. The molecule has 0 aliphatic carbocycles. The molecule has 6 heteroatoms. The third kappa shape index (κ3) is 4.39. The topological polar surface area (TPSA) is 57.1 Å². The Hall–Kier alpha value is -2.79. The average Bonchev–Trinajstić information content (AvgIpc) is 2.64. The second-order valence-corrected chi connectivity index (χ2v) is 5.37. The number of carbonyl (C=O) groups is 1. The zero-order valence-electron chi connectivity index (χ0n) is 14.2. The highest BCUT2D eigenvalue weighted by Gasteiger charge is 2.20. The molecule has 0 heterocycles. The lowest BCUT2D eigenvalue weighted by atomic mass is 9.93. The molecule has 0 spiro atoms. The van der Waals surface area contributed by atoms with E-state index in [0.29, 0.717) is 21.9 Å². The van der Waals surface area contributed by atoms with E-state index in [0.717, 1.165) is 5.56 Å². The highest BCUT2D eigenvalue weighted by molar-refractivity contribution is 6.30. The highest BCUT2D eigenvalue weighted by Crippen LogP contribution is 2.24. The van der Waals surface area contributed by atoms with Crippen LogP contribution in [0.2, 0.25) is 5.02 Å². The Morgan fingerprint density at radius 3 is 2.20 bits per heavy atom. The number of benzene rings is 2. The van der Waals surface area contributed by atoms with Gasteiger partial charge in [0.15, 0.2) is 0 Å². The second-order valence-electron chi connectivity index (χ2n) is 4.93. The Morgan fingerprint density at radius 1 is 1.00 bits per heavy atom. The lowest BCUT2D eigenvalue weighted by molar-refractivity contribution is -0.133. The van der Waals surface area contributed by atoms with Gasteiger partial charge in [0.05, 0.1) is 20.5 Å². The first-order valence-corrected chi connectivity index (χ1v) is 7.78. The number of hydrogen-bond donors (Lipinski definition) is 0. The van der Waals surface area contributed by atoms with Crippen LogP contribution in [0.3, 0.4) is 0 Å². The molecule has 0 fully saturated rings. The van der Waals surface area contributed by atoms with Gasteiger partial charge in [0.1, 0.15) is 18.4 Å². The zero-order valence-corrected chi connectivity index (χ0v) is 14.9. The number of rotatable bonds is 6. The molecule has 0 radical (unpaired) electrons. The molecule has 0 N–H and O–H groups in total. The van der Waals surface area contributed by atoms with Crippen LogP contribution in [0.25, 0.3) is 5.57 Å². The maximum absolute atomic E-state index is 12.2. The van der Waals surface area contributed by atoms with Crippen LogP contribution in [0.15, 0.2) is 59.9 Å². The minimum absolute atomic E-state index is 0.276. The molecule has 2 rings (SSSR count). The van der Waals surface area contributed by atoms with E-state index in [1.54, 1.807) is 18.2 Å². The maximum atomic E-state index is 12.2. The quantitative estimate of drug-likeness (QED) is 0.258. The monoisotopic (exact) mass is 359 g/mol. The summed E-state index contributed by atoms with van der Waals surface area (Å²) in [6.07, 6.45) is 1.34. The van der Waals surface area contributed by atoms with E-state index in [1.165, 1.54) is 27.6 Å². The van der Waals surface area contributed by atoms with Gasteiger partial charge in [0, 0.05) is 21.7 Å². The largest absolute Gasteiger partial charge is 0.503 e. The van der Waals surface area contributed by atoms with Crippen LogP contribution >= 0.6 is 11.6 Å². The van der Waals surface area contributed by atoms with Gasteiger partial charge in [-0.15, -0.1) is 0 Å². The van der Waals surface area contributed by atoms with Crippen LogP contribution in [0.1, 0.15) is 16.7 Å². The van der Waals surface area contributed by atoms with Gasteiger partial charge in [-0.25, -0.2) is 4.79 Å². The van der Waals surface area contributed by atoms with Crippen LogP contribution in [0.4, 0.5) is 0 Å². The molecule has 0 aliphatic rings. The van der Waals surface area contributed by atoms with Gasteiger partial charge >= 0.3 is 5.97 Å². The Kier molecular flexibility index (Phi) is 6.60. The number of nitrogens with zero attached hydrogens (tertiary/aromatic N) is 1. The fourth-order valence-electron chi connectivity index (χ4n) is 2.33. The molecule has 0 amide bonds. The molecule has 2 aromatic rings. The molecule has 2 aromatic carbocycles. The molecule has 0 unspecified atom stereocenters. The molecule has 0 bridgehead atoms. The Balaban J connectivity index is 2.64. The number of halogens is 1. The SMILES string of the molecule is CO/C=C(/C(=O)OC)c1ccccc1/C(=N/OC)c1ccc(Cl)cc1. The summed E-state index contributed by atoms with van der Waals surface area (Å²) in [5.74, 6) is -0.512. The summed E-state index contributed by atoms with van der Waals surface area (Å²) in [6.45, 7) is 0. The molecule has 0 atom stereocenters. The highest BCUT2D eigenvalue weighted by atomic mass is 35.5. The van der Waals surface area contributed by atoms with E-state index >= 15 is 0 Å². The molecule has 130 valence electrons. The lowest BCUT2D eigenvalue weighted by Crippen LogP contribution is -2.12. The van der Waals surface area contributed by atoms with E-state index in [1.807, 2.05) is 30.3 Å². The number of hydrogen-bond acceptors (Lipinski definition) is 5. The van der Waals surface area contributed by atoms with E-state index in [-0.39, 0.29) is 5.57 Å². The van der Waals surface area contributed by atoms with Crippen LogP contribution in [0, 0.1) is 0 Å². The van der Waals surface area contributed by atoms with Gasteiger partial charge in [0.2, 0.25) is 0 Å². The smallest absolute Gasteiger partial charge is 0.341 e. The third-order valence-electron chi connectivity index (χ3n) is 3.41. The van der Waals surface area contributed by atoms with Gasteiger partial charge in [-0.3, -0.25) is 0 Å². The van der Waals surface area contributed by atoms with Crippen molar-refractivity contribution < 1.29 is 19.1 Å². The standard InChI is InChI=1S/C19H18ClNO4/c1-23-12-17(19(22)24-2)15-6-4-5-7-16(15)18(21-25-3)13-8-10-14(20)11-9-13/h4-12H,1-3H3/b17-12+,21-18+.